The molecule has 3 unspecified atom stereocenters. The van der Waals surface area contributed by atoms with Crippen LogP contribution in [0.2, 0.25) is 0 Å². The zero-order chi connectivity index (χ0) is 13.5. The van der Waals surface area contributed by atoms with Crippen molar-refractivity contribution in [2.75, 3.05) is 0 Å². The third-order valence-electron chi connectivity index (χ3n) is 5.02. The van der Waals surface area contributed by atoms with Gasteiger partial charge in [-0.3, -0.25) is 0 Å². The Hall–Kier alpha value is -1.38. The van der Waals surface area contributed by atoms with Gasteiger partial charge in [0.25, 0.3) is 0 Å². The maximum Gasteiger partial charge on any atom is 0.0808 e. The third kappa shape index (κ3) is 1.95. The monoisotopic (exact) mass is 267 g/mol. The van der Waals surface area contributed by atoms with Crippen LogP contribution in [0.3, 0.4) is 0 Å². The highest BCUT2D eigenvalue weighted by Crippen LogP contribution is 2.38. The van der Waals surface area contributed by atoms with Gasteiger partial charge in [0, 0.05) is 12.1 Å². The van der Waals surface area contributed by atoms with Gasteiger partial charge in [0.1, 0.15) is 0 Å². The lowest BCUT2D eigenvalue weighted by atomic mass is 9.96. The fourth-order valence-corrected chi connectivity index (χ4v) is 4.04. The molecule has 2 N–H and O–H groups in total. The average Bonchev–Trinajstić information content (AvgIpc) is 3.03. The van der Waals surface area contributed by atoms with E-state index in [1.165, 1.54) is 35.1 Å². The normalized spacial score (nSPS) is 31.6. The van der Waals surface area contributed by atoms with Crippen LogP contribution in [0, 0.1) is 0 Å². The molecule has 0 fully saturated rings. The van der Waals surface area contributed by atoms with Gasteiger partial charge in [-0.1, -0.05) is 36.4 Å². The number of rotatable bonds is 2. The Morgan fingerprint density at radius 2 is 2.00 bits per heavy atom. The van der Waals surface area contributed by atoms with Crippen molar-refractivity contribution in [3.05, 3.63) is 58.7 Å². The minimum Gasteiger partial charge on any atom is -0.388 e. The third-order valence-corrected chi connectivity index (χ3v) is 5.02. The Labute approximate surface area is 120 Å². The summed E-state index contributed by atoms with van der Waals surface area (Å²) in [6.07, 6.45) is 9.48. The van der Waals surface area contributed by atoms with E-state index >= 15 is 0 Å². The van der Waals surface area contributed by atoms with E-state index < -0.39 is 0 Å². The van der Waals surface area contributed by atoms with E-state index in [1.807, 2.05) is 0 Å². The van der Waals surface area contributed by atoms with E-state index in [-0.39, 0.29) is 6.10 Å². The Bertz CT molecular complexity index is 587. The minimum absolute atomic E-state index is 0.268. The molecule has 0 bridgehead atoms. The van der Waals surface area contributed by atoms with E-state index in [9.17, 15) is 5.11 Å². The summed E-state index contributed by atoms with van der Waals surface area (Å²) in [6, 6.07) is 9.58. The highest BCUT2D eigenvalue weighted by Gasteiger charge is 2.34. The molecule has 4 rings (SSSR count). The molecule has 3 aliphatic rings. The first-order valence-electron chi connectivity index (χ1n) is 7.74. The summed E-state index contributed by atoms with van der Waals surface area (Å²) in [5.74, 6) is 0. The van der Waals surface area contributed by atoms with Crippen LogP contribution < -0.4 is 5.32 Å². The van der Waals surface area contributed by atoms with Crippen molar-refractivity contribution in [2.45, 2.75) is 50.3 Å². The van der Waals surface area contributed by atoms with E-state index in [0.717, 1.165) is 19.3 Å². The van der Waals surface area contributed by atoms with Crippen LogP contribution in [0.4, 0.5) is 0 Å². The summed E-state index contributed by atoms with van der Waals surface area (Å²) in [6.45, 7) is 0. The average molecular weight is 267 g/mol. The molecule has 0 amide bonds. The number of benzene rings is 1. The highest BCUT2D eigenvalue weighted by atomic mass is 16.3. The zero-order valence-corrected chi connectivity index (χ0v) is 11.7. The second kappa shape index (κ2) is 4.87. The van der Waals surface area contributed by atoms with Crippen LogP contribution in [-0.4, -0.2) is 17.3 Å². The number of hydrogen-bond acceptors (Lipinski definition) is 2. The summed E-state index contributed by atoms with van der Waals surface area (Å²) in [5.41, 5.74) is 5.58. The molecular weight excluding hydrogens is 246 g/mol. The smallest absolute Gasteiger partial charge is 0.0808 e. The molecule has 2 heteroatoms. The molecule has 2 nitrogen and oxygen atoms in total. The van der Waals surface area contributed by atoms with Gasteiger partial charge in [0.05, 0.1) is 6.10 Å². The summed E-state index contributed by atoms with van der Waals surface area (Å²) < 4.78 is 0. The molecule has 0 aliphatic heterocycles. The van der Waals surface area contributed by atoms with Gasteiger partial charge in [-0.2, -0.15) is 0 Å². The number of hydrogen-bond donors (Lipinski definition) is 2. The van der Waals surface area contributed by atoms with E-state index in [1.54, 1.807) is 0 Å². The van der Waals surface area contributed by atoms with E-state index in [2.05, 4.69) is 41.7 Å². The number of fused-ring (bicyclic) bond motifs is 1. The number of allylic oxidation sites excluding steroid dienone is 1. The molecule has 104 valence electrons. The van der Waals surface area contributed by atoms with Gasteiger partial charge in [0.15, 0.2) is 0 Å². The molecule has 0 saturated carbocycles. The lowest BCUT2D eigenvalue weighted by molar-refractivity contribution is 0.204. The van der Waals surface area contributed by atoms with Gasteiger partial charge in [-0.25, -0.2) is 0 Å². The summed E-state index contributed by atoms with van der Waals surface area (Å²) >= 11 is 0. The van der Waals surface area contributed by atoms with Crippen LogP contribution in [0.25, 0.3) is 0 Å². The van der Waals surface area contributed by atoms with E-state index in [4.69, 9.17) is 0 Å². The first kappa shape index (κ1) is 12.4. The molecule has 0 saturated heterocycles. The number of aliphatic hydroxyl groups excluding tert-OH is 1. The molecular formula is C18H21NO. The predicted octanol–water partition coefficient (Wildman–Crippen LogP) is 3.04. The van der Waals surface area contributed by atoms with Gasteiger partial charge in [-0.15, -0.1) is 0 Å². The van der Waals surface area contributed by atoms with Crippen LogP contribution >= 0.6 is 0 Å². The predicted molar refractivity (Wildman–Crippen MR) is 80.5 cm³/mol. The van der Waals surface area contributed by atoms with Crippen LogP contribution in [0.1, 0.15) is 42.9 Å². The number of aryl methyl sites for hydroxylation is 1. The second-order valence-electron chi connectivity index (χ2n) is 6.18. The van der Waals surface area contributed by atoms with Crippen LogP contribution in [0.15, 0.2) is 47.6 Å². The molecule has 3 aliphatic carbocycles. The minimum atomic E-state index is -0.268. The van der Waals surface area contributed by atoms with Gasteiger partial charge >= 0.3 is 0 Å². The quantitative estimate of drug-likeness (QED) is 0.863. The fourth-order valence-electron chi connectivity index (χ4n) is 4.04. The lowest BCUT2D eigenvalue weighted by Crippen LogP contribution is -2.32. The van der Waals surface area contributed by atoms with Crippen molar-refractivity contribution in [2.24, 2.45) is 0 Å². The molecule has 1 aromatic carbocycles. The Kier molecular flexibility index (Phi) is 3.01. The summed E-state index contributed by atoms with van der Waals surface area (Å²) in [4.78, 5) is 0. The lowest BCUT2D eigenvalue weighted by Gasteiger charge is -2.23. The van der Waals surface area contributed by atoms with Gasteiger partial charge < -0.3 is 10.4 Å². The molecule has 0 heterocycles. The van der Waals surface area contributed by atoms with Gasteiger partial charge in [0.2, 0.25) is 0 Å². The Balaban J connectivity index is 1.56. The van der Waals surface area contributed by atoms with E-state index in [0.29, 0.717) is 12.1 Å². The van der Waals surface area contributed by atoms with Gasteiger partial charge in [-0.05, 0) is 54.4 Å². The molecule has 0 spiro atoms. The number of nitrogens with one attached hydrogen (secondary N) is 1. The van der Waals surface area contributed by atoms with Crippen molar-refractivity contribution < 1.29 is 5.11 Å². The van der Waals surface area contributed by atoms with Crippen molar-refractivity contribution in [3.8, 4) is 0 Å². The first-order chi connectivity index (χ1) is 9.83. The largest absolute Gasteiger partial charge is 0.388 e. The topological polar surface area (TPSA) is 32.3 Å². The number of aliphatic hydroxyl groups is 1. The molecule has 20 heavy (non-hydrogen) atoms. The van der Waals surface area contributed by atoms with Crippen LogP contribution in [-0.2, 0) is 6.42 Å². The van der Waals surface area contributed by atoms with Crippen molar-refractivity contribution in [3.63, 3.8) is 0 Å². The summed E-state index contributed by atoms with van der Waals surface area (Å²) in [7, 11) is 0. The molecule has 3 atom stereocenters. The SMILES string of the molecule is OC1CC(NC2CCc3ccccc32)C2=C1C=CCC2. The molecule has 0 aromatic heterocycles. The van der Waals surface area contributed by atoms with Crippen LogP contribution in [0.5, 0.6) is 0 Å². The Morgan fingerprint density at radius 3 is 2.95 bits per heavy atom. The van der Waals surface area contributed by atoms with Crippen molar-refractivity contribution in [1.29, 1.82) is 0 Å². The second-order valence-corrected chi connectivity index (χ2v) is 6.18. The maximum atomic E-state index is 10.2. The molecule has 1 aromatic rings. The van der Waals surface area contributed by atoms with Crippen molar-refractivity contribution >= 4 is 0 Å². The van der Waals surface area contributed by atoms with Crippen molar-refractivity contribution in [1.82, 2.24) is 5.32 Å². The first-order valence-corrected chi connectivity index (χ1v) is 7.74. The zero-order valence-electron chi connectivity index (χ0n) is 11.7. The summed E-state index contributed by atoms with van der Waals surface area (Å²) in [5, 5.41) is 14.0. The fraction of sp³-hybridized carbons (Fsp3) is 0.444. The molecule has 0 radical (unpaired) electrons. The highest BCUT2D eigenvalue weighted by molar-refractivity contribution is 5.41. The standard InChI is InChI=1S/C18H21NO/c20-18-11-17(14-7-3-4-8-15(14)18)19-16-10-9-12-5-1-2-6-13(12)16/h1-2,4-6,8,16-20H,3,7,9-11H2. The maximum absolute atomic E-state index is 10.2. The Morgan fingerprint density at radius 1 is 1.10 bits per heavy atom.